The molecule has 0 aliphatic carbocycles. The van der Waals surface area contributed by atoms with E-state index >= 15 is 0 Å². The third-order valence-corrected chi connectivity index (χ3v) is 4.62. The van der Waals surface area contributed by atoms with Crippen molar-refractivity contribution in [1.29, 1.82) is 0 Å². The third-order valence-electron chi connectivity index (χ3n) is 4.62. The van der Waals surface area contributed by atoms with Gasteiger partial charge in [0.05, 0.1) is 5.92 Å². The number of rotatable bonds is 3. The van der Waals surface area contributed by atoms with Crippen LogP contribution in [0, 0.1) is 5.92 Å². The molecule has 0 unspecified atom stereocenters. The molecule has 2 saturated heterocycles. The number of nitrogens with one attached hydrogen (secondary N) is 1. The SMILES string of the molecule is Cl.O=C(C1CNC1)N1CCC(c2nc(-c3ccccn3)no2)CC1. The van der Waals surface area contributed by atoms with E-state index < -0.39 is 0 Å². The summed E-state index contributed by atoms with van der Waals surface area (Å²) in [5.41, 5.74) is 0.715. The Hall–Kier alpha value is -1.99. The molecule has 2 aliphatic rings. The Morgan fingerprint density at radius 2 is 2.04 bits per heavy atom. The fourth-order valence-corrected chi connectivity index (χ4v) is 3.07. The van der Waals surface area contributed by atoms with Crippen molar-refractivity contribution in [2.75, 3.05) is 26.2 Å². The predicted octanol–water partition coefficient (Wildman–Crippen LogP) is 1.48. The number of likely N-dealkylation sites (tertiary alicyclic amines) is 1. The van der Waals surface area contributed by atoms with Crippen molar-refractivity contribution in [2.45, 2.75) is 18.8 Å². The molecule has 8 heteroatoms. The monoisotopic (exact) mass is 349 g/mol. The van der Waals surface area contributed by atoms with Gasteiger partial charge in [-0.1, -0.05) is 11.2 Å². The molecular formula is C16H20ClN5O2. The first-order chi connectivity index (χ1) is 11.3. The largest absolute Gasteiger partial charge is 0.342 e. The van der Waals surface area contributed by atoms with Crippen molar-refractivity contribution in [1.82, 2.24) is 25.3 Å². The van der Waals surface area contributed by atoms with Crippen LogP contribution in [0.25, 0.3) is 11.5 Å². The molecule has 7 nitrogen and oxygen atoms in total. The van der Waals surface area contributed by atoms with Crippen LogP contribution in [0.15, 0.2) is 28.9 Å². The van der Waals surface area contributed by atoms with Gasteiger partial charge in [-0.05, 0) is 25.0 Å². The van der Waals surface area contributed by atoms with Gasteiger partial charge in [-0.25, -0.2) is 0 Å². The lowest BCUT2D eigenvalue weighted by Crippen LogP contribution is -2.53. The predicted molar refractivity (Wildman–Crippen MR) is 89.7 cm³/mol. The zero-order chi connectivity index (χ0) is 15.6. The molecule has 0 spiro atoms. The van der Waals surface area contributed by atoms with Gasteiger partial charge in [0, 0.05) is 38.3 Å². The van der Waals surface area contributed by atoms with Crippen LogP contribution >= 0.6 is 12.4 Å². The smallest absolute Gasteiger partial charge is 0.230 e. The van der Waals surface area contributed by atoms with Crippen molar-refractivity contribution in [2.24, 2.45) is 5.92 Å². The number of hydrogen-bond donors (Lipinski definition) is 1. The summed E-state index contributed by atoms with van der Waals surface area (Å²) in [6, 6.07) is 5.62. The molecule has 0 atom stereocenters. The average Bonchev–Trinajstić information content (AvgIpc) is 3.04. The summed E-state index contributed by atoms with van der Waals surface area (Å²) >= 11 is 0. The number of nitrogens with zero attached hydrogens (tertiary/aromatic N) is 4. The van der Waals surface area contributed by atoms with Crippen LogP contribution in [-0.2, 0) is 4.79 Å². The van der Waals surface area contributed by atoms with Gasteiger partial charge in [0.1, 0.15) is 5.69 Å². The third kappa shape index (κ3) is 3.27. The zero-order valence-corrected chi connectivity index (χ0v) is 14.0. The number of pyridine rings is 1. The van der Waals surface area contributed by atoms with Crippen LogP contribution in [0.2, 0.25) is 0 Å². The van der Waals surface area contributed by atoms with Gasteiger partial charge in [0.25, 0.3) is 0 Å². The van der Waals surface area contributed by atoms with E-state index in [1.54, 1.807) is 6.20 Å². The first-order valence-corrected chi connectivity index (χ1v) is 8.06. The summed E-state index contributed by atoms with van der Waals surface area (Å²) in [6.07, 6.45) is 3.45. The molecule has 2 fully saturated rings. The molecule has 0 saturated carbocycles. The number of hydrogen-bond acceptors (Lipinski definition) is 6. The Bertz CT molecular complexity index is 681. The van der Waals surface area contributed by atoms with Gasteiger partial charge < -0.3 is 14.7 Å². The maximum atomic E-state index is 12.2. The maximum Gasteiger partial charge on any atom is 0.230 e. The number of halogens is 1. The minimum Gasteiger partial charge on any atom is -0.342 e. The molecule has 2 aliphatic heterocycles. The Morgan fingerprint density at radius 1 is 1.25 bits per heavy atom. The molecular weight excluding hydrogens is 330 g/mol. The Morgan fingerprint density at radius 3 is 2.67 bits per heavy atom. The lowest BCUT2D eigenvalue weighted by atomic mass is 9.94. The van der Waals surface area contributed by atoms with E-state index in [2.05, 4.69) is 20.4 Å². The fraction of sp³-hybridized carbons (Fsp3) is 0.500. The topological polar surface area (TPSA) is 84.2 Å². The van der Waals surface area contributed by atoms with E-state index in [0.717, 1.165) is 39.0 Å². The van der Waals surface area contributed by atoms with Crippen LogP contribution < -0.4 is 5.32 Å². The van der Waals surface area contributed by atoms with Gasteiger partial charge in [0.15, 0.2) is 0 Å². The molecule has 4 rings (SSSR count). The lowest BCUT2D eigenvalue weighted by Gasteiger charge is -2.36. The Kier molecular flexibility index (Phi) is 5.11. The molecule has 4 heterocycles. The van der Waals surface area contributed by atoms with E-state index in [4.69, 9.17) is 4.52 Å². The molecule has 24 heavy (non-hydrogen) atoms. The van der Waals surface area contributed by atoms with Crippen LogP contribution in [-0.4, -0.2) is 52.1 Å². The molecule has 1 N–H and O–H groups in total. The number of carbonyl (C=O) groups excluding carboxylic acids is 1. The fourth-order valence-electron chi connectivity index (χ4n) is 3.07. The van der Waals surface area contributed by atoms with Crippen LogP contribution in [0.1, 0.15) is 24.7 Å². The van der Waals surface area contributed by atoms with E-state index in [9.17, 15) is 4.79 Å². The van der Waals surface area contributed by atoms with Crippen molar-refractivity contribution in [3.8, 4) is 11.5 Å². The van der Waals surface area contributed by atoms with E-state index in [1.807, 2.05) is 23.1 Å². The van der Waals surface area contributed by atoms with Gasteiger partial charge in [0.2, 0.25) is 17.6 Å². The molecule has 2 aromatic rings. The summed E-state index contributed by atoms with van der Waals surface area (Å²) in [7, 11) is 0. The Labute approximate surface area is 146 Å². The molecule has 1 amide bonds. The molecule has 2 aromatic heterocycles. The molecule has 0 radical (unpaired) electrons. The van der Waals surface area contributed by atoms with Crippen molar-refractivity contribution in [3.05, 3.63) is 30.3 Å². The summed E-state index contributed by atoms with van der Waals surface area (Å²) in [5.74, 6) is 1.86. The minimum absolute atomic E-state index is 0. The highest BCUT2D eigenvalue weighted by Crippen LogP contribution is 2.29. The molecule has 0 aromatic carbocycles. The second kappa shape index (κ2) is 7.27. The summed E-state index contributed by atoms with van der Waals surface area (Å²) < 4.78 is 5.42. The molecule has 0 bridgehead atoms. The standard InChI is InChI=1S/C16H19N5O2.ClH/c22-16(12-9-17-10-12)21-7-4-11(5-8-21)15-19-14(20-23-15)13-3-1-2-6-18-13;/h1-3,6,11-12,17H,4-5,7-10H2;1H. The first-order valence-electron chi connectivity index (χ1n) is 8.06. The van der Waals surface area contributed by atoms with Crippen LogP contribution in [0.5, 0.6) is 0 Å². The number of carbonyl (C=O) groups is 1. The van der Waals surface area contributed by atoms with Crippen molar-refractivity contribution >= 4 is 18.3 Å². The van der Waals surface area contributed by atoms with Crippen LogP contribution in [0.4, 0.5) is 0 Å². The first kappa shape index (κ1) is 16.9. The highest BCUT2D eigenvalue weighted by Gasteiger charge is 2.33. The number of piperidine rings is 1. The van der Waals surface area contributed by atoms with Gasteiger partial charge >= 0.3 is 0 Å². The van der Waals surface area contributed by atoms with Crippen molar-refractivity contribution < 1.29 is 9.32 Å². The number of aromatic nitrogens is 3. The zero-order valence-electron chi connectivity index (χ0n) is 13.2. The maximum absolute atomic E-state index is 12.2. The summed E-state index contributed by atoms with van der Waals surface area (Å²) in [5, 5.41) is 7.18. The second-order valence-electron chi connectivity index (χ2n) is 6.13. The van der Waals surface area contributed by atoms with E-state index in [1.165, 1.54) is 0 Å². The minimum atomic E-state index is 0. The quantitative estimate of drug-likeness (QED) is 0.903. The van der Waals surface area contributed by atoms with Crippen molar-refractivity contribution in [3.63, 3.8) is 0 Å². The van der Waals surface area contributed by atoms with Gasteiger partial charge in [-0.2, -0.15) is 4.98 Å². The van der Waals surface area contributed by atoms with E-state index in [0.29, 0.717) is 17.4 Å². The highest BCUT2D eigenvalue weighted by molar-refractivity contribution is 5.85. The van der Waals surface area contributed by atoms with Crippen LogP contribution in [0.3, 0.4) is 0 Å². The lowest BCUT2D eigenvalue weighted by molar-refractivity contribution is -0.138. The summed E-state index contributed by atoms with van der Waals surface area (Å²) in [6.45, 7) is 3.16. The Balaban J connectivity index is 0.00000169. The molecule has 128 valence electrons. The van der Waals surface area contributed by atoms with Gasteiger partial charge in [-0.3, -0.25) is 9.78 Å². The number of amides is 1. The second-order valence-corrected chi connectivity index (χ2v) is 6.13. The average molecular weight is 350 g/mol. The van der Waals surface area contributed by atoms with Gasteiger partial charge in [-0.15, -0.1) is 12.4 Å². The normalized spacial score (nSPS) is 18.8. The van der Waals surface area contributed by atoms with E-state index in [-0.39, 0.29) is 30.2 Å². The summed E-state index contributed by atoms with van der Waals surface area (Å²) in [4.78, 5) is 22.9. The highest BCUT2D eigenvalue weighted by atomic mass is 35.5.